The lowest BCUT2D eigenvalue weighted by Crippen LogP contribution is -2.24. The Kier molecular flexibility index (Phi) is 6.19. The minimum Gasteiger partial charge on any atom is -0.497 e. The maximum Gasteiger partial charge on any atom is 0.272 e. The number of thioether (sulfide) groups is 2. The number of nitrogens with zero attached hydrogens (tertiary/aromatic N) is 2. The minimum absolute atomic E-state index is 0.100. The molecule has 0 unspecified atom stereocenters. The standard InChI is InChI=1S/C23H21N3O5S2/c1-29-16-5-3-15(4-6-16)26-22(28)21-17(8-11-32-21)25-23(26)33-13-20(27)24-14-2-7-18-19(12-14)31-10-9-30-18/h2-7,12H,8-11,13H2,1H3,(H,24,27). The number of carbonyl (C=O) groups is 1. The molecule has 33 heavy (non-hydrogen) atoms. The second-order valence-electron chi connectivity index (χ2n) is 7.30. The number of ether oxygens (including phenoxy) is 3. The van der Waals surface area contributed by atoms with Crippen molar-refractivity contribution in [3.05, 3.63) is 58.5 Å². The summed E-state index contributed by atoms with van der Waals surface area (Å²) in [5.41, 5.74) is 1.99. The number of rotatable bonds is 6. The molecule has 5 rings (SSSR count). The van der Waals surface area contributed by atoms with Crippen molar-refractivity contribution in [1.82, 2.24) is 9.55 Å². The number of aromatic nitrogens is 2. The summed E-state index contributed by atoms with van der Waals surface area (Å²) < 4.78 is 17.9. The van der Waals surface area contributed by atoms with Crippen LogP contribution in [0.5, 0.6) is 17.2 Å². The van der Waals surface area contributed by atoms with Crippen molar-refractivity contribution >= 4 is 35.1 Å². The first-order chi connectivity index (χ1) is 16.1. The Balaban J connectivity index is 1.37. The van der Waals surface area contributed by atoms with E-state index >= 15 is 0 Å². The van der Waals surface area contributed by atoms with Crippen LogP contribution in [0.25, 0.3) is 5.69 Å². The number of hydrogen-bond donors (Lipinski definition) is 1. The summed E-state index contributed by atoms with van der Waals surface area (Å²) in [4.78, 5) is 31.3. The minimum atomic E-state index is -0.206. The average molecular weight is 484 g/mol. The molecule has 0 atom stereocenters. The molecule has 3 heterocycles. The number of hydrogen-bond acceptors (Lipinski definition) is 8. The molecule has 2 aliphatic rings. The zero-order valence-corrected chi connectivity index (χ0v) is 19.5. The second kappa shape index (κ2) is 9.40. The number of fused-ring (bicyclic) bond motifs is 2. The monoisotopic (exact) mass is 483 g/mol. The van der Waals surface area contributed by atoms with Gasteiger partial charge in [-0.25, -0.2) is 4.98 Å². The number of benzene rings is 2. The quantitative estimate of drug-likeness (QED) is 0.421. The van der Waals surface area contributed by atoms with Crippen molar-refractivity contribution in [2.75, 3.05) is 37.1 Å². The van der Waals surface area contributed by atoms with E-state index in [9.17, 15) is 9.59 Å². The fraction of sp³-hybridized carbons (Fsp3) is 0.261. The Morgan fingerprint density at radius 2 is 1.97 bits per heavy atom. The number of nitrogens with one attached hydrogen (secondary N) is 1. The average Bonchev–Trinajstić information content (AvgIpc) is 3.32. The van der Waals surface area contributed by atoms with E-state index < -0.39 is 0 Å². The molecule has 170 valence electrons. The molecule has 0 fully saturated rings. The smallest absolute Gasteiger partial charge is 0.272 e. The van der Waals surface area contributed by atoms with Gasteiger partial charge in [0.15, 0.2) is 16.7 Å². The second-order valence-corrected chi connectivity index (χ2v) is 9.35. The third-order valence-corrected chi connectivity index (χ3v) is 7.20. The number of methoxy groups -OCH3 is 1. The van der Waals surface area contributed by atoms with E-state index in [1.807, 2.05) is 12.1 Å². The van der Waals surface area contributed by atoms with Gasteiger partial charge in [-0.1, -0.05) is 11.8 Å². The summed E-state index contributed by atoms with van der Waals surface area (Å²) >= 11 is 2.76. The van der Waals surface area contributed by atoms with Gasteiger partial charge in [0.05, 0.1) is 29.1 Å². The van der Waals surface area contributed by atoms with Gasteiger partial charge in [-0.2, -0.15) is 0 Å². The SMILES string of the molecule is COc1ccc(-n2c(SCC(=O)Nc3ccc4c(c3)OCCO4)nc3c(c2=O)SCC3)cc1. The predicted octanol–water partition coefficient (Wildman–Crippen LogP) is 3.39. The van der Waals surface area contributed by atoms with Gasteiger partial charge >= 0.3 is 0 Å². The summed E-state index contributed by atoms with van der Waals surface area (Å²) in [5.74, 6) is 2.70. The van der Waals surface area contributed by atoms with Gasteiger partial charge in [0.1, 0.15) is 19.0 Å². The molecule has 2 aliphatic heterocycles. The van der Waals surface area contributed by atoms with Gasteiger partial charge in [-0.15, -0.1) is 11.8 Å². The summed E-state index contributed by atoms with van der Waals surface area (Å²) in [6, 6.07) is 12.5. The molecule has 10 heteroatoms. The van der Waals surface area contributed by atoms with E-state index in [1.165, 1.54) is 23.5 Å². The summed E-state index contributed by atoms with van der Waals surface area (Å²) in [7, 11) is 1.59. The fourth-order valence-electron chi connectivity index (χ4n) is 3.60. The number of amides is 1. The molecule has 1 amide bonds. The van der Waals surface area contributed by atoms with E-state index in [0.717, 1.165) is 17.9 Å². The molecule has 0 saturated heterocycles. The number of anilines is 1. The molecule has 0 radical (unpaired) electrons. The third kappa shape index (κ3) is 4.53. The first kappa shape index (κ1) is 21.7. The van der Waals surface area contributed by atoms with Crippen LogP contribution in [0.3, 0.4) is 0 Å². The highest BCUT2D eigenvalue weighted by Gasteiger charge is 2.23. The highest BCUT2D eigenvalue weighted by molar-refractivity contribution is 8.00. The van der Waals surface area contributed by atoms with E-state index in [2.05, 4.69) is 5.32 Å². The Bertz CT molecular complexity index is 1260. The van der Waals surface area contributed by atoms with E-state index in [0.29, 0.717) is 51.9 Å². The Hall–Kier alpha value is -3.11. The molecular formula is C23H21N3O5S2. The van der Waals surface area contributed by atoms with Gasteiger partial charge in [0, 0.05) is 23.9 Å². The van der Waals surface area contributed by atoms with Crippen LogP contribution in [0.4, 0.5) is 5.69 Å². The lowest BCUT2D eigenvalue weighted by Gasteiger charge is -2.19. The molecule has 0 aliphatic carbocycles. The molecule has 2 aromatic carbocycles. The predicted molar refractivity (Wildman–Crippen MR) is 128 cm³/mol. The molecule has 0 bridgehead atoms. The van der Waals surface area contributed by atoms with Crippen LogP contribution in [0.15, 0.2) is 57.3 Å². The van der Waals surface area contributed by atoms with Crippen molar-refractivity contribution in [2.24, 2.45) is 0 Å². The van der Waals surface area contributed by atoms with Crippen molar-refractivity contribution in [1.29, 1.82) is 0 Å². The van der Waals surface area contributed by atoms with Gasteiger partial charge in [-0.3, -0.25) is 14.2 Å². The molecule has 3 aromatic rings. The third-order valence-electron chi connectivity index (χ3n) is 5.16. The molecule has 1 N–H and O–H groups in total. The highest BCUT2D eigenvalue weighted by atomic mass is 32.2. The fourth-order valence-corrected chi connectivity index (χ4v) is 5.45. The van der Waals surface area contributed by atoms with Crippen molar-refractivity contribution < 1.29 is 19.0 Å². The van der Waals surface area contributed by atoms with Crippen molar-refractivity contribution in [3.63, 3.8) is 0 Å². The molecule has 0 saturated carbocycles. The zero-order chi connectivity index (χ0) is 22.8. The molecule has 1 aromatic heterocycles. The lowest BCUT2D eigenvalue weighted by atomic mass is 10.2. The first-order valence-electron chi connectivity index (χ1n) is 10.4. The molecule has 8 nitrogen and oxygen atoms in total. The Morgan fingerprint density at radius 3 is 2.76 bits per heavy atom. The van der Waals surface area contributed by atoms with Crippen LogP contribution >= 0.6 is 23.5 Å². The van der Waals surface area contributed by atoms with Crippen LogP contribution in [-0.2, 0) is 11.2 Å². The Labute approximate surface area is 198 Å². The zero-order valence-electron chi connectivity index (χ0n) is 17.8. The summed E-state index contributed by atoms with van der Waals surface area (Å²) in [6.45, 7) is 0.989. The lowest BCUT2D eigenvalue weighted by molar-refractivity contribution is -0.113. The highest BCUT2D eigenvalue weighted by Crippen LogP contribution is 2.33. The first-order valence-corrected chi connectivity index (χ1v) is 12.3. The van der Waals surface area contributed by atoms with Gasteiger partial charge < -0.3 is 19.5 Å². The van der Waals surface area contributed by atoms with E-state index in [1.54, 1.807) is 42.0 Å². The van der Waals surface area contributed by atoms with Gasteiger partial charge in [0.25, 0.3) is 5.56 Å². The van der Waals surface area contributed by atoms with Crippen molar-refractivity contribution in [3.8, 4) is 22.9 Å². The van der Waals surface area contributed by atoms with Crippen LogP contribution in [0.2, 0.25) is 0 Å². The van der Waals surface area contributed by atoms with Crippen molar-refractivity contribution in [2.45, 2.75) is 16.5 Å². The van der Waals surface area contributed by atoms with Gasteiger partial charge in [0.2, 0.25) is 5.91 Å². The summed E-state index contributed by atoms with van der Waals surface area (Å²) in [6.07, 6.45) is 0.746. The van der Waals surface area contributed by atoms with E-state index in [-0.39, 0.29) is 17.2 Å². The largest absolute Gasteiger partial charge is 0.497 e. The normalized spacial score (nSPS) is 14.0. The maximum atomic E-state index is 13.2. The topological polar surface area (TPSA) is 91.7 Å². The van der Waals surface area contributed by atoms with Crippen LogP contribution in [-0.4, -0.2) is 47.3 Å². The van der Waals surface area contributed by atoms with Gasteiger partial charge in [-0.05, 0) is 36.4 Å². The maximum absolute atomic E-state index is 13.2. The Morgan fingerprint density at radius 1 is 1.18 bits per heavy atom. The van der Waals surface area contributed by atoms with E-state index in [4.69, 9.17) is 19.2 Å². The molecule has 0 spiro atoms. The van der Waals surface area contributed by atoms with Crippen LogP contribution < -0.4 is 25.1 Å². The molecular weight excluding hydrogens is 462 g/mol. The van der Waals surface area contributed by atoms with Crippen LogP contribution in [0, 0.1) is 0 Å². The summed E-state index contributed by atoms with van der Waals surface area (Å²) in [5, 5.41) is 3.36. The number of carbonyl (C=O) groups excluding carboxylic acids is 1. The number of aryl methyl sites for hydroxylation is 1. The van der Waals surface area contributed by atoms with Crippen LogP contribution in [0.1, 0.15) is 5.69 Å².